The molecular formula is C12H16S. The molecule has 1 heteroatoms. The lowest BCUT2D eigenvalue weighted by Gasteiger charge is -2.20. The van der Waals surface area contributed by atoms with E-state index in [1.54, 1.807) is 11.8 Å². The quantitative estimate of drug-likeness (QED) is 0.701. The molecule has 1 aromatic rings. The molecule has 1 rings (SSSR count). The Balaban J connectivity index is 2.87. The minimum atomic E-state index is 0.143. The highest BCUT2D eigenvalue weighted by molar-refractivity contribution is 8.01. The number of hydrogen-bond acceptors (Lipinski definition) is 1. The van der Waals surface area contributed by atoms with E-state index in [1.165, 1.54) is 5.56 Å². The molecule has 1 aromatic carbocycles. The van der Waals surface area contributed by atoms with Gasteiger partial charge in [-0.3, -0.25) is 0 Å². The molecule has 0 aliphatic heterocycles. The van der Waals surface area contributed by atoms with Gasteiger partial charge in [0, 0.05) is 5.41 Å². The first kappa shape index (κ1) is 10.4. The van der Waals surface area contributed by atoms with Crippen molar-refractivity contribution in [3.63, 3.8) is 0 Å². The van der Waals surface area contributed by atoms with Crippen LogP contribution in [0.25, 0.3) is 0 Å². The predicted molar refractivity (Wildman–Crippen MR) is 62.1 cm³/mol. The fraction of sp³-hybridized carbons (Fsp3) is 0.333. The van der Waals surface area contributed by atoms with E-state index >= 15 is 0 Å². The smallest absolute Gasteiger partial charge is 0.00834 e. The summed E-state index contributed by atoms with van der Waals surface area (Å²) in [5.41, 5.74) is 1.50. The van der Waals surface area contributed by atoms with Crippen LogP contribution >= 0.6 is 11.8 Å². The van der Waals surface area contributed by atoms with E-state index in [-0.39, 0.29) is 5.41 Å². The van der Waals surface area contributed by atoms with Gasteiger partial charge in [-0.2, -0.15) is 0 Å². The molecule has 0 nitrogen and oxygen atoms in total. The van der Waals surface area contributed by atoms with Crippen molar-refractivity contribution in [2.75, 3.05) is 6.26 Å². The van der Waals surface area contributed by atoms with E-state index in [9.17, 15) is 0 Å². The molecule has 70 valence electrons. The molecule has 0 aliphatic carbocycles. The van der Waals surface area contributed by atoms with Crippen molar-refractivity contribution in [2.24, 2.45) is 0 Å². The van der Waals surface area contributed by atoms with Crippen LogP contribution in [0.1, 0.15) is 19.4 Å². The summed E-state index contributed by atoms with van der Waals surface area (Å²) in [6.45, 7) is 4.46. The Labute approximate surface area is 85.1 Å². The van der Waals surface area contributed by atoms with Gasteiger partial charge in [-0.15, -0.1) is 11.8 Å². The summed E-state index contributed by atoms with van der Waals surface area (Å²) in [6, 6.07) is 10.6. The zero-order valence-electron chi connectivity index (χ0n) is 8.45. The number of rotatable bonds is 3. The lowest BCUT2D eigenvalue weighted by atomic mass is 9.85. The van der Waals surface area contributed by atoms with Crippen molar-refractivity contribution < 1.29 is 0 Å². The molecule has 0 atom stereocenters. The fourth-order valence-corrected chi connectivity index (χ4v) is 1.68. The zero-order valence-corrected chi connectivity index (χ0v) is 9.27. The van der Waals surface area contributed by atoms with Crippen molar-refractivity contribution >= 4 is 11.8 Å². The lowest BCUT2D eigenvalue weighted by molar-refractivity contribution is 0.671. The Morgan fingerprint density at radius 3 is 2.31 bits per heavy atom. The Hall–Kier alpha value is -0.690. The van der Waals surface area contributed by atoms with Gasteiger partial charge in [0.05, 0.1) is 0 Å². The van der Waals surface area contributed by atoms with Gasteiger partial charge < -0.3 is 0 Å². The van der Waals surface area contributed by atoms with E-state index < -0.39 is 0 Å². The molecule has 0 radical (unpaired) electrons. The summed E-state index contributed by atoms with van der Waals surface area (Å²) < 4.78 is 0. The van der Waals surface area contributed by atoms with Crippen LogP contribution in [-0.4, -0.2) is 6.26 Å². The maximum Gasteiger partial charge on any atom is 0.00834 e. The molecule has 0 amide bonds. The molecule has 13 heavy (non-hydrogen) atoms. The third kappa shape index (κ3) is 2.92. The Kier molecular flexibility index (Phi) is 3.61. The van der Waals surface area contributed by atoms with Crippen molar-refractivity contribution in [3.05, 3.63) is 47.4 Å². The van der Waals surface area contributed by atoms with Crippen LogP contribution in [0.5, 0.6) is 0 Å². The van der Waals surface area contributed by atoms with Crippen molar-refractivity contribution in [1.82, 2.24) is 0 Å². The topological polar surface area (TPSA) is 0 Å². The summed E-state index contributed by atoms with van der Waals surface area (Å²) in [6.07, 6.45) is 4.32. The molecule has 0 fully saturated rings. The maximum atomic E-state index is 2.24. The van der Waals surface area contributed by atoms with Gasteiger partial charge in [0.1, 0.15) is 0 Å². The maximum absolute atomic E-state index is 2.24. The first-order chi connectivity index (χ1) is 6.17. The van der Waals surface area contributed by atoms with Gasteiger partial charge in [-0.05, 0) is 17.2 Å². The second-order valence-electron chi connectivity index (χ2n) is 3.63. The normalized spacial score (nSPS) is 12.2. The summed E-state index contributed by atoms with van der Waals surface area (Å²) in [7, 11) is 0. The van der Waals surface area contributed by atoms with Crippen LogP contribution in [0.15, 0.2) is 41.8 Å². The van der Waals surface area contributed by atoms with Crippen LogP contribution in [0.4, 0.5) is 0 Å². The van der Waals surface area contributed by atoms with Crippen LogP contribution < -0.4 is 0 Å². The van der Waals surface area contributed by atoms with Gasteiger partial charge in [0.2, 0.25) is 0 Å². The SMILES string of the molecule is CS/C=C\C(C)(C)c1ccccc1. The summed E-state index contributed by atoms with van der Waals surface area (Å²) >= 11 is 1.74. The minimum absolute atomic E-state index is 0.143. The largest absolute Gasteiger partial charge is 0.138 e. The summed E-state index contributed by atoms with van der Waals surface area (Å²) in [4.78, 5) is 0. The molecule has 0 heterocycles. The van der Waals surface area contributed by atoms with E-state index in [2.05, 4.69) is 61.9 Å². The molecule has 0 bridgehead atoms. The van der Waals surface area contributed by atoms with Gasteiger partial charge in [-0.25, -0.2) is 0 Å². The molecule has 0 saturated carbocycles. The zero-order chi connectivity index (χ0) is 9.73. The van der Waals surface area contributed by atoms with Crippen molar-refractivity contribution in [1.29, 1.82) is 0 Å². The minimum Gasteiger partial charge on any atom is -0.138 e. The fourth-order valence-electron chi connectivity index (χ4n) is 1.20. The van der Waals surface area contributed by atoms with Crippen LogP contribution in [0, 0.1) is 0 Å². The van der Waals surface area contributed by atoms with Crippen LogP contribution in [0.2, 0.25) is 0 Å². The number of thioether (sulfide) groups is 1. The van der Waals surface area contributed by atoms with Gasteiger partial charge in [0.25, 0.3) is 0 Å². The third-order valence-corrected chi connectivity index (χ3v) is 2.55. The first-order valence-electron chi connectivity index (χ1n) is 4.43. The predicted octanol–water partition coefficient (Wildman–Crippen LogP) is 3.84. The first-order valence-corrected chi connectivity index (χ1v) is 5.71. The van der Waals surface area contributed by atoms with Gasteiger partial charge >= 0.3 is 0 Å². The second-order valence-corrected chi connectivity index (χ2v) is 4.37. The monoisotopic (exact) mass is 192 g/mol. The average molecular weight is 192 g/mol. The number of benzene rings is 1. The lowest BCUT2D eigenvalue weighted by Crippen LogP contribution is -2.12. The van der Waals surface area contributed by atoms with Crippen LogP contribution in [-0.2, 0) is 5.41 Å². The summed E-state index contributed by atoms with van der Waals surface area (Å²) in [5.74, 6) is 0. The van der Waals surface area contributed by atoms with Crippen LogP contribution in [0.3, 0.4) is 0 Å². The molecule has 0 unspecified atom stereocenters. The van der Waals surface area contributed by atoms with Crippen molar-refractivity contribution in [3.8, 4) is 0 Å². The molecule has 0 N–H and O–H groups in total. The molecule has 0 spiro atoms. The van der Waals surface area contributed by atoms with E-state index in [1.807, 2.05) is 0 Å². The molecular weight excluding hydrogens is 176 g/mol. The van der Waals surface area contributed by atoms with Gasteiger partial charge in [0.15, 0.2) is 0 Å². The van der Waals surface area contributed by atoms with E-state index in [0.29, 0.717) is 0 Å². The van der Waals surface area contributed by atoms with E-state index in [4.69, 9.17) is 0 Å². The molecule has 0 saturated heterocycles. The Morgan fingerprint density at radius 2 is 1.77 bits per heavy atom. The highest BCUT2D eigenvalue weighted by Crippen LogP contribution is 2.24. The van der Waals surface area contributed by atoms with Gasteiger partial charge in [-0.1, -0.05) is 50.3 Å². The molecule has 0 aromatic heterocycles. The Morgan fingerprint density at radius 1 is 1.15 bits per heavy atom. The number of hydrogen-bond donors (Lipinski definition) is 0. The third-order valence-electron chi connectivity index (χ3n) is 2.14. The van der Waals surface area contributed by atoms with Crippen molar-refractivity contribution in [2.45, 2.75) is 19.3 Å². The standard InChI is InChI=1S/C12H16S/c1-12(2,9-10-13-3)11-7-5-4-6-8-11/h4-10H,1-3H3/b10-9-. The highest BCUT2D eigenvalue weighted by atomic mass is 32.2. The van der Waals surface area contributed by atoms with E-state index in [0.717, 1.165) is 0 Å². The Bertz CT molecular complexity index is 272. The highest BCUT2D eigenvalue weighted by Gasteiger charge is 2.15. The number of allylic oxidation sites excluding steroid dienone is 1. The molecule has 0 aliphatic rings. The second kappa shape index (κ2) is 4.52. The summed E-state index contributed by atoms with van der Waals surface area (Å²) in [5, 5.41) is 2.15. The average Bonchev–Trinajstić information content (AvgIpc) is 2.16.